The smallest absolute Gasteiger partial charge is 0.157 e. The molecule has 2 nitrogen and oxygen atoms in total. The van der Waals surface area contributed by atoms with E-state index in [2.05, 4.69) is 13.8 Å². The quantitative estimate of drug-likeness (QED) is 0.629. The van der Waals surface area contributed by atoms with Crippen molar-refractivity contribution in [2.24, 2.45) is 0 Å². The van der Waals surface area contributed by atoms with E-state index in [0.29, 0.717) is 5.92 Å². The molecule has 1 aliphatic rings. The van der Waals surface area contributed by atoms with Gasteiger partial charge >= 0.3 is 0 Å². The first kappa shape index (κ1) is 20.1. The molecular formula is C17H32O2. The van der Waals surface area contributed by atoms with Crippen molar-refractivity contribution in [1.29, 1.82) is 0 Å². The Hall–Kier alpha value is -1.18. The maximum absolute atomic E-state index is 9.10. The fourth-order valence-electron chi connectivity index (χ4n) is 0.900. The minimum atomic E-state index is -0.0607. The summed E-state index contributed by atoms with van der Waals surface area (Å²) in [6, 6.07) is 4.89. The Labute approximate surface area is 119 Å². The number of benzene rings is 1. The number of hydrogen-bond acceptors (Lipinski definition) is 2. The van der Waals surface area contributed by atoms with E-state index in [-0.39, 0.29) is 11.5 Å². The molecule has 19 heavy (non-hydrogen) atoms. The summed E-state index contributed by atoms with van der Waals surface area (Å²) in [6.07, 6.45) is 5.75. The van der Waals surface area contributed by atoms with Gasteiger partial charge in [0, 0.05) is 0 Å². The third-order valence-corrected chi connectivity index (χ3v) is 2.02. The Morgan fingerprint density at radius 3 is 1.63 bits per heavy atom. The van der Waals surface area contributed by atoms with Gasteiger partial charge in [-0.15, -0.1) is 0 Å². The van der Waals surface area contributed by atoms with Crippen LogP contribution in [0.5, 0.6) is 11.5 Å². The van der Waals surface area contributed by atoms with Gasteiger partial charge in [-0.25, -0.2) is 0 Å². The highest BCUT2D eigenvalue weighted by molar-refractivity contribution is 5.41. The fourth-order valence-corrected chi connectivity index (χ4v) is 0.900. The molecule has 1 saturated carbocycles. The molecule has 0 unspecified atom stereocenters. The highest BCUT2D eigenvalue weighted by atomic mass is 16.3. The van der Waals surface area contributed by atoms with Crippen LogP contribution < -0.4 is 0 Å². The highest BCUT2D eigenvalue weighted by Gasteiger charge is 2.02. The van der Waals surface area contributed by atoms with Crippen LogP contribution in [0.25, 0.3) is 0 Å². The van der Waals surface area contributed by atoms with Gasteiger partial charge in [0.05, 0.1) is 0 Å². The van der Waals surface area contributed by atoms with E-state index in [9.17, 15) is 0 Å². The molecule has 0 bridgehead atoms. The first-order chi connectivity index (χ1) is 9.02. The average Bonchev–Trinajstić information content (AvgIpc) is 3.24. The molecule has 0 amide bonds. The Bertz CT molecular complexity index is 301. The molecule has 1 fully saturated rings. The summed E-state index contributed by atoms with van der Waals surface area (Å²) in [5, 5.41) is 18.1. The summed E-state index contributed by atoms with van der Waals surface area (Å²) in [5.74, 6) is 0.270. The number of phenolic OH excluding ortho intramolecular Hbond substituents is 2. The zero-order chi connectivity index (χ0) is 15.3. The summed E-state index contributed by atoms with van der Waals surface area (Å²) < 4.78 is 0. The monoisotopic (exact) mass is 268 g/mol. The van der Waals surface area contributed by atoms with Crippen molar-refractivity contribution in [3.05, 3.63) is 23.8 Å². The fraction of sp³-hybridized carbons (Fsp3) is 0.647. The largest absolute Gasteiger partial charge is 0.504 e. The molecule has 1 aromatic carbocycles. The third kappa shape index (κ3) is 13.1. The molecule has 0 radical (unpaired) electrons. The molecule has 0 heterocycles. The molecule has 0 spiro atoms. The van der Waals surface area contributed by atoms with Gasteiger partial charge < -0.3 is 10.2 Å². The maximum Gasteiger partial charge on any atom is 0.157 e. The third-order valence-electron chi connectivity index (χ3n) is 2.02. The van der Waals surface area contributed by atoms with Crippen molar-refractivity contribution >= 4 is 0 Å². The lowest BCUT2D eigenvalue weighted by molar-refractivity contribution is 0.403. The van der Waals surface area contributed by atoms with Crippen LogP contribution in [0.3, 0.4) is 0 Å². The minimum Gasteiger partial charge on any atom is -0.504 e. The van der Waals surface area contributed by atoms with Gasteiger partial charge in [-0.1, -0.05) is 73.3 Å². The van der Waals surface area contributed by atoms with E-state index in [1.54, 1.807) is 12.1 Å². The van der Waals surface area contributed by atoms with Crippen LogP contribution in [0.15, 0.2) is 18.2 Å². The normalized spacial score (nSPS) is 11.1. The number of rotatable bonds is 1. The lowest BCUT2D eigenvalue weighted by Gasteiger charge is -2.05. The molecular weight excluding hydrogens is 236 g/mol. The SMILES string of the molecule is C1CC1.CC.CC(C)c1ccc(O)c(O)c1.CCC. The van der Waals surface area contributed by atoms with Crippen molar-refractivity contribution in [2.75, 3.05) is 0 Å². The van der Waals surface area contributed by atoms with E-state index < -0.39 is 0 Å². The maximum atomic E-state index is 9.10. The molecule has 0 aromatic heterocycles. The van der Waals surface area contributed by atoms with Crippen LogP contribution in [0, 0.1) is 0 Å². The highest BCUT2D eigenvalue weighted by Crippen LogP contribution is 2.27. The van der Waals surface area contributed by atoms with Gasteiger partial charge in [-0.05, 0) is 23.6 Å². The van der Waals surface area contributed by atoms with Gasteiger partial charge in [0.15, 0.2) is 11.5 Å². The van der Waals surface area contributed by atoms with E-state index in [0.717, 1.165) is 5.56 Å². The second kappa shape index (κ2) is 13.3. The van der Waals surface area contributed by atoms with Gasteiger partial charge in [0.1, 0.15) is 0 Å². The first-order valence-corrected chi connectivity index (χ1v) is 7.54. The van der Waals surface area contributed by atoms with Crippen LogP contribution >= 0.6 is 0 Å². The zero-order valence-corrected chi connectivity index (χ0v) is 13.5. The van der Waals surface area contributed by atoms with Crippen molar-refractivity contribution in [2.45, 2.75) is 73.1 Å². The molecule has 2 N–H and O–H groups in total. The Morgan fingerprint density at radius 1 is 0.947 bits per heavy atom. The van der Waals surface area contributed by atoms with Crippen molar-refractivity contribution in [3.8, 4) is 11.5 Å². The summed E-state index contributed by atoms with van der Waals surface area (Å²) >= 11 is 0. The Kier molecular flexibility index (Phi) is 14.1. The Balaban J connectivity index is 0. The molecule has 1 aliphatic carbocycles. The van der Waals surface area contributed by atoms with Gasteiger partial charge in [0.2, 0.25) is 0 Å². The minimum absolute atomic E-state index is 0.0452. The molecule has 0 saturated heterocycles. The summed E-state index contributed by atoms with van der Waals surface area (Å²) in [7, 11) is 0. The first-order valence-electron chi connectivity index (χ1n) is 7.54. The van der Waals surface area contributed by atoms with Crippen LogP contribution in [0.2, 0.25) is 0 Å². The van der Waals surface area contributed by atoms with Gasteiger partial charge in [-0.2, -0.15) is 0 Å². The number of aromatic hydroxyl groups is 2. The predicted octanol–water partition coefficient (Wildman–Crippen LogP) is 5.83. The average molecular weight is 268 g/mol. The van der Waals surface area contributed by atoms with E-state index in [1.807, 2.05) is 27.7 Å². The van der Waals surface area contributed by atoms with Crippen LogP contribution in [-0.2, 0) is 0 Å². The molecule has 1 aromatic rings. The van der Waals surface area contributed by atoms with E-state index >= 15 is 0 Å². The van der Waals surface area contributed by atoms with Crippen LogP contribution in [-0.4, -0.2) is 10.2 Å². The lowest BCUT2D eigenvalue weighted by Crippen LogP contribution is -1.85. The lowest BCUT2D eigenvalue weighted by atomic mass is 10.0. The summed E-state index contributed by atoms with van der Waals surface area (Å²) in [4.78, 5) is 0. The number of phenols is 2. The standard InChI is InChI=1S/C9H12O2.C3H6.C3H8.C2H6/c1-6(2)7-3-4-8(10)9(11)5-7;1-2-3-1;1-3-2;1-2/h3-6,10-11H,1-2H3;1-3H2;3H2,1-2H3;1-2H3. The van der Waals surface area contributed by atoms with E-state index in [1.165, 1.54) is 31.7 Å². The molecule has 2 rings (SSSR count). The topological polar surface area (TPSA) is 40.5 Å². The van der Waals surface area contributed by atoms with Crippen molar-refractivity contribution in [1.82, 2.24) is 0 Å². The molecule has 0 atom stereocenters. The molecule has 0 aliphatic heterocycles. The predicted molar refractivity (Wildman–Crippen MR) is 85.0 cm³/mol. The zero-order valence-electron chi connectivity index (χ0n) is 13.5. The van der Waals surface area contributed by atoms with Crippen molar-refractivity contribution < 1.29 is 10.2 Å². The van der Waals surface area contributed by atoms with Crippen LogP contribution in [0.1, 0.15) is 78.7 Å². The second-order valence-electron chi connectivity index (χ2n) is 4.67. The summed E-state index contributed by atoms with van der Waals surface area (Å²) in [5.41, 5.74) is 1.03. The number of hydrogen-bond donors (Lipinski definition) is 2. The van der Waals surface area contributed by atoms with E-state index in [4.69, 9.17) is 10.2 Å². The van der Waals surface area contributed by atoms with Crippen LogP contribution in [0.4, 0.5) is 0 Å². The second-order valence-corrected chi connectivity index (χ2v) is 4.67. The van der Waals surface area contributed by atoms with Gasteiger partial charge in [-0.3, -0.25) is 0 Å². The van der Waals surface area contributed by atoms with Gasteiger partial charge in [0.25, 0.3) is 0 Å². The van der Waals surface area contributed by atoms with Crippen molar-refractivity contribution in [3.63, 3.8) is 0 Å². The Morgan fingerprint density at radius 2 is 1.37 bits per heavy atom. The summed E-state index contributed by atoms with van der Waals surface area (Å²) in [6.45, 7) is 12.3. The molecule has 112 valence electrons. The molecule has 2 heteroatoms.